The Labute approximate surface area is 95.5 Å². The number of aryl methyl sites for hydroxylation is 3. The fourth-order valence-electron chi connectivity index (χ4n) is 1.83. The van der Waals surface area contributed by atoms with Gasteiger partial charge >= 0.3 is 0 Å². The normalized spacial score (nSPS) is 10.5. The van der Waals surface area contributed by atoms with Crippen molar-refractivity contribution in [1.82, 2.24) is 4.98 Å². The Morgan fingerprint density at radius 1 is 1.19 bits per heavy atom. The highest BCUT2D eigenvalue weighted by Gasteiger charge is 2.12. The summed E-state index contributed by atoms with van der Waals surface area (Å²) in [6.45, 7) is 6.11. The first-order valence-corrected chi connectivity index (χ1v) is 5.34. The van der Waals surface area contributed by atoms with Crippen molar-refractivity contribution in [3.63, 3.8) is 0 Å². The number of benzene rings is 1. The highest BCUT2D eigenvalue weighted by molar-refractivity contribution is 5.66. The summed E-state index contributed by atoms with van der Waals surface area (Å²) in [5.41, 5.74) is 4.53. The molecule has 0 saturated heterocycles. The van der Waals surface area contributed by atoms with Gasteiger partial charge in [-0.3, -0.25) is 0 Å². The van der Waals surface area contributed by atoms with Crippen molar-refractivity contribution in [2.45, 2.75) is 20.8 Å². The monoisotopic (exact) mass is 216 g/mol. The van der Waals surface area contributed by atoms with E-state index in [-0.39, 0.29) is 0 Å². The number of hydrogen-bond donors (Lipinski definition) is 1. The van der Waals surface area contributed by atoms with E-state index in [9.17, 15) is 0 Å². The Hall–Kier alpha value is -1.77. The molecule has 16 heavy (non-hydrogen) atoms. The molecule has 0 aliphatic heterocycles. The first-order valence-electron chi connectivity index (χ1n) is 5.34. The summed E-state index contributed by atoms with van der Waals surface area (Å²) >= 11 is 0. The molecule has 0 amide bonds. The SMILES string of the molecule is CNc1nc(-c2ccc(C)cc2C)c(C)o1. The lowest BCUT2D eigenvalue weighted by molar-refractivity contribution is 0.544. The molecule has 0 radical (unpaired) electrons. The third-order valence-electron chi connectivity index (χ3n) is 2.65. The maximum Gasteiger partial charge on any atom is 0.295 e. The van der Waals surface area contributed by atoms with E-state index < -0.39 is 0 Å². The lowest BCUT2D eigenvalue weighted by atomic mass is 10.0. The molecule has 2 aromatic rings. The Morgan fingerprint density at radius 2 is 1.94 bits per heavy atom. The van der Waals surface area contributed by atoms with Crippen LogP contribution in [-0.2, 0) is 0 Å². The van der Waals surface area contributed by atoms with Gasteiger partial charge in [-0.2, -0.15) is 4.98 Å². The molecule has 0 atom stereocenters. The van der Waals surface area contributed by atoms with Crippen LogP contribution in [0.25, 0.3) is 11.3 Å². The minimum atomic E-state index is 0.562. The van der Waals surface area contributed by atoms with Gasteiger partial charge in [0.2, 0.25) is 0 Å². The van der Waals surface area contributed by atoms with Crippen LogP contribution < -0.4 is 5.32 Å². The minimum absolute atomic E-state index is 0.562. The van der Waals surface area contributed by atoms with Crippen LogP contribution in [0.2, 0.25) is 0 Å². The zero-order chi connectivity index (χ0) is 11.7. The number of oxazole rings is 1. The lowest BCUT2D eigenvalue weighted by Crippen LogP contribution is -1.89. The molecule has 0 aliphatic rings. The summed E-state index contributed by atoms with van der Waals surface area (Å²) in [4.78, 5) is 4.41. The van der Waals surface area contributed by atoms with Crippen molar-refractivity contribution >= 4 is 6.01 Å². The van der Waals surface area contributed by atoms with Crippen LogP contribution >= 0.6 is 0 Å². The van der Waals surface area contributed by atoms with E-state index in [1.54, 1.807) is 7.05 Å². The van der Waals surface area contributed by atoms with E-state index in [2.05, 4.69) is 42.3 Å². The van der Waals surface area contributed by atoms with E-state index in [1.807, 2.05) is 6.92 Å². The third-order valence-corrected chi connectivity index (χ3v) is 2.65. The largest absolute Gasteiger partial charge is 0.428 e. The van der Waals surface area contributed by atoms with Crippen molar-refractivity contribution in [3.8, 4) is 11.3 Å². The molecule has 0 unspecified atom stereocenters. The summed E-state index contributed by atoms with van der Waals surface area (Å²) < 4.78 is 5.48. The fraction of sp³-hybridized carbons (Fsp3) is 0.308. The first kappa shape index (κ1) is 10.7. The topological polar surface area (TPSA) is 38.1 Å². The number of nitrogens with one attached hydrogen (secondary N) is 1. The number of hydrogen-bond acceptors (Lipinski definition) is 3. The van der Waals surface area contributed by atoms with Gasteiger partial charge in [-0.1, -0.05) is 23.8 Å². The molecular formula is C13H16N2O. The zero-order valence-corrected chi connectivity index (χ0v) is 10.1. The second-order valence-electron chi connectivity index (χ2n) is 3.99. The molecule has 1 aromatic heterocycles. The quantitative estimate of drug-likeness (QED) is 0.837. The average Bonchev–Trinajstić information content (AvgIpc) is 2.60. The van der Waals surface area contributed by atoms with Gasteiger partial charge in [0.05, 0.1) is 0 Å². The fourth-order valence-corrected chi connectivity index (χ4v) is 1.83. The molecule has 0 bridgehead atoms. The van der Waals surface area contributed by atoms with Gasteiger partial charge in [0, 0.05) is 12.6 Å². The summed E-state index contributed by atoms with van der Waals surface area (Å²) in [6, 6.07) is 6.90. The van der Waals surface area contributed by atoms with Crippen LogP contribution in [0.15, 0.2) is 22.6 Å². The molecule has 1 aromatic carbocycles. The molecule has 2 rings (SSSR count). The third kappa shape index (κ3) is 1.81. The molecule has 0 fully saturated rings. The summed E-state index contributed by atoms with van der Waals surface area (Å²) in [5, 5.41) is 2.91. The van der Waals surface area contributed by atoms with Gasteiger partial charge in [-0.05, 0) is 26.3 Å². The first-order chi connectivity index (χ1) is 7.61. The van der Waals surface area contributed by atoms with Crippen molar-refractivity contribution in [2.24, 2.45) is 0 Å². The molecule has 1 heterocycles. The zero-order valence-electron chi connectivity index (χ0n) is 10.1. The Balaban J connectivity index is 2.53. The predicted octanol–water partition coefficient (Wildman–Crippen LogP) is 3.31. The van der Waals surface area contributed by atoms with Gasteiger partial charge < -0.3 is 9.73 Å². The van der Waals surface area contributed by atoms with Crippen molar-refractivity contribution in [1.29, 1.82) is 0 Å². The number of aromatic nitrogens is 1. The van der Waals surface area contributed by atoms with Gasteiger partial charge in [0.1, 0.15) is 11.5 Å². The molecule has 0 saturated carbocycles. The van der Waals surface area contributed by atoms with E-state index >= 15 is 0 Å². The van der Waals surface area contributed by atoms with Crippen LogP contribution in [0.3, 0.4) is 0 Å². The highest BCUT2D eigenvalue weighted by atomic mass is 16.4. The molecular weight excluding hydrogens is 200 g/mol. The van der Waals surface area contributed by atoms with Crippen molar-refractivity contribution in [3.05, 3.63) is 35.1 Å². The van der Waals surface area contributed by atoms with Gasteiger partial charge in [-0.15, -0.1) is 0 Å². The number of rotatable bonds is 2. The van der Waals surface area contributed by atoms with E-state index in [1.165, 1.54) is 11.1 Å². The second-order valence-corrected chi connectivity index (χ2v) is 3.99. The van der Waals surface area contributed by atoms with Crippen LogP contribution in [0.5, 0.6) is 0 Å². The Kier molecular flexibility index (Phi) is 2.69. The van der Waals surface area contributed by atoms with Crippen LogP contribution in [0.1, 0.15) is 16.9 Å². The molecule has 3 nitrogen and oxygen atoms in total. The predicted molar refractivity (Wildman–Crippen MR) is 65.7 cm³/mol. The Morgan fingerprint density at radius 3 is 2.50 bits per heavy atom. The summed E-state index contributed by atoms with van der Waals surface area (Å²) in [7, 11) is 1.80. The lowest BCUT2D eigenvalue weighted by Gasteiger charge is -2.03. The number of nitrogens with zero attached hydrogens (tertiary/aromatic N) is 1. The van der Waals surface area contributed by atoms with Crippen LogP contribution in [-0.4, -0.2) is 12.0 Å². The smallest absolute Gasteiger partial charge is 0.295 e. The van der Waals surface area contributed by atoms with E-state index in [0.717, 1.165) is 17.0 Å². The molecule has 0 aliphatic carbocycles. The maximum absolute atomic E-state index is 5.48. The highest BCUT2D eigenvalue weighted by Crippen LogP contribution is 2.28. The minimum Gasteiger partial charge on any atom is -0.428 e. The summed E-state index contributed by atoms with van der Waals surface area (Å²) in [6.07, 6.45) is 0. The molecule has 3 heteroatoms. The van der Waals surface area contributed by atoms with Gasteiger partial charge in [0.15, 0.2) is 0 Å². The van der Waals surface area contributed by atoms with E-state index in [0.29, 0.717) is 6.01 Å². The van der Waals surface area contributed by atoms with Crippen molar-refractivity contribution in [2.75, 3.05) is 12.4 Å². The number of anilines is 1. The Bertz CT molecular complexity index is 515. The van der Waals surface area contributed by atoms with Gasteiger partial charge in [0.25, 0.3) is 6.01 Å². The molecule has 0 spiro atoms. The average molecular weight is 216 g/mol. The van der Waals surface area contributed by atoms with Crippen LogP contribution in [0.4, 0.5) is 6.01 Å². The maximum atomic E-state index is 5.48. The molecule has 1 N–H and O–H groups in total. The van der Waals surface area contributed by atoms with Gasteiger partial charge in [-0.25, -0.2) is 0 Å². The second kappa shape index (κ2) is 4.00. The van der Waals surface area contributed by atoms with Crippen LogP contribution in [0, 0.1) is 20.8 Å². The van der Waals surface area contributed by atoms with Crippen molar-refractivity contribution < 1.29 is 4.42 Å². The summed E-state index contributed by atoms with van der Waals surface area (Å²) in [5.74, 6) is 0.844. The molecule has 84 valence electrons. The van der Waals surface area contributed by atoms with E-state index in [4.69, 9.17) is 4.42 Å². The standard InChI is InChI=1S/C13H16N2O/c1-8-5-6-11(9(2)7-8)12-10(3)16-13(14-4)15-12/h5-7H,1-4H3,(H,14,15).